The van der Waals surface area contributed by atoms with Crippen molar-refractivity contribution < 1.29 is 0 Å². The Balaban J connectivity index is 2.01. The number of nitrogens with zero attached hydrogens (tertiary/aromatic N) is 3. The van der Waals surface area contributed by atoms with Crippen LogP contribution in [-0.2, 0) is 0 Å². The number of rotatable bonds is 5. The Morgan fingerprint density at radius 1 is 0.875 bits per heavy atom. The molecule has 3 N–H and O–H groups in total. The summed E-state index contributed by atoms with van der Waals surface area (Å²) in [4.78, 5) is 10.5. The van der Waals surface area contributed by atoms with E-state index in [0.717, 1.165) is 11.1 Å². The highest BCUT2D eigenvalue weighted by molar-refractivity contribution is 5.75. The normalized spacial score (nSPS) is 10.6. The Morgan fingerprint density at radius 3 is 1.92 bits per heavy atom. The molecule has 1 aromatic heterocycles. The van der Waals surface area contributed by atoms with E-state index in [1.54, 1.807) is 0 Å². The summed E-state index contributed by atoms with van der Waals surface area (Å²) in [5.41, 5.74) is 9.09. The quantitative estimate of drug-likeness (QED) is 0.755. The third-order valence-electron chi connectivity index (χ3n) is 3.83. The Morgan fingerprint density at radius 2 is 1.42 bits per heavy atom. The summed E-state index contributed by atoms with van der Waals surface area (Å²) in [7, 11) is 3.82. The Bertz CT molecular complexity index is 748. The van der Waals surface area contributed by atoms with Crippen molar-refractivity contribution in [3.05, 3.63) is 78.1 Å². The minimum atomic E-state index is -0.0420. The van der Waals surface area contributed by atoms with Crippen molar-refractivity contribution in [2.75, 3.05) is 30.0 Å². The van der Waals surface area contributed by atoms with Crippen LogP contribution in [0.1, 0.15) is 17.2 Å². The van der Waals surface area contributed by atoms with Crippen LogP contribution in [0.5, 0.6) is 0 Å². The summed E-state index contributed by atoms with van der Waals surface area (Å²) in [6.07, 6.45) is 1.53. The molecule has 122 valence electrons. The first kappa shape index (κ1) is 15.8. The lowest BCUT2D eigenvalue weighted by Gasteiger charge is -2.23. The van der Waals surface area contributed by atoms with E-state index in [1.165, 1.54) is 6.33 Å². The van der Waals surface area contributed by atoms with E-state index in [0.29, 0.717) is 17.3 Å². The van der Waals surface area contributed by atoms with Gasteiger partial charge >= 0.3 is 0 Å². The van der Waals surface area contributed by atoms with Crippen LogP contribution in [0.2, 0.25) is 0 Å². The zero-order valence-corrected chi connectivity index (χ0v) is 13.8. The fourth-order valence-corrected chi connectivity index (χ4v) is 2.64. The van der Waals surface area contributed by atoms with Crippen molar-refractivity contribution in [1.82, 2.24) is 9.97 Å². The van der Waals surface area contributed by atoms with Gasteiger partial charge in [-0.25, -0.2) is 9.97 Å². The molecule has 5 heteroatoms. The van der Waals surface area contributed by atoms with Crippen LogP contribution in [0.4, 0.5) is 17.3 Å². The molecule has 0 aliphatic carbocycles. The van der Waals surface area contributed by atoms with Crippen molar-refractivity contribution in [3.63, 3.8) is 0 Å². The fourth-order valence-electron chi connectivity index (χ4n) is 2.64. The second-order valence-electron chi connectivity index (χ2n) is 5.75. The molecule has 0 saturated heterocycles. The fraction of sp³-hybridized carbons (Fsp3) is 0.158. The summed E-state index contributed by atoms with van der Waals surface area (Å²) >= 11 is 0. The van der Waals surface area contributed by atoms with E-state index in [-0.39, 0.29) is 6.04 Å². The first-order chi connectivity index (χ1) is 11.7. The van der Waals surface area contributed by atoms with Crippen LogP contribution in [0.25, 0.3) is 0 Å². The van der Waals surface area contributed by atoms with Gasteiger partial charge in [0, 0.05) is 14.1 Å². The predicted octanol–water partition coefficient (Wildman–Crippen LogP) is 3.33. The van der Waals surface area contributed by atoms with Crippen molar-refractivity contribution in [2.45, 2.75) is 6.04 Å². The largest absolute Gasteiger partial charge is 0.393 e. The summed E-state index contributed by atoms with van der Waals surface area (Å²) in [6, 6.07) is 20.5. The average molecular weight is 319 g/mol. The van der Waals surface area contributed by atoms with Gasteiger partial charge < -0.3 is 16.0 Å². The van der Waals surface area contributed by atoms with Gasteiger partial charge in [-0.3, -0.25) is 0 Å². The van der Waals surface area contributed by atoms with E-state index in [9.17, 15) is 0 Å². The first-order valence-electron chi connectivity index (χ1n) is 7.81. The van der Waals surface area contributed by atoms with Gasteiger partial charge in [0.2, 0.25) is 0 Å². The van der Waals surface area contributed by atoms with Crippen LogP contribution < -0.4 is 16.0 Å². The zero-order valence-electron chi connectivity index (χ0n) is 13.8. The van der Waals surface area contributed by atoms with E-state index >= 15 is 0 Å². The predicted molar refractivity (Wildman–Crippen MR) is 99.1 cm³/mol. The van der Waals surface area contributed by atoms with Crippen molar-refractivity contribution >= 4 is 17.3 Å². The molecule has 5 nitrogen and oxygen atoms in total. The number of nitrogen functional groups attached to an aromatic ring is 1. The number of anilines is 3. The van der Waals surface area contributed by atoms with E-state index in [4.69, 9.17) is 5.73 Å². The number of nitrogens with one attached hydrogen (secondary N) is 1. The molecule has 0 radical (unpaired) electrons. The monoisotopic (exact) mass is 319 g/mol. The maximum atomic E-state index is 6.26. The first-order valence-corrected chi connectivity index (χ1v) is 7.81. The van der Waals surface area contributed by atoms with Crippen LogP contribution in [0, 0.1) is 0 Å². The topological polar surface area (TPSA) is 67.1 Å². The van der Waals surface area contributed by atoms with Crippen LogP contribution in [0.15, 0.2) is 67.0 Å². The third kappa shape index (κ3) is 3.30. The van der Waals surface area contributed by atoms with Crippen molar-refractivity contribution in [3.8, 4) is 0 Å². The molecule has 0 aliphatic rings. The molecular weight excluding hydrogens is 298 g/mol. The van der Waals surface area contributed by atoms with Crippen molar-refractivity contribution in [2.24, 2.45) is 0 Å². The van der Waals surface area contributed by atoms with Gasteiger partial charge in [-0.1, -0.05) is 60.7 Å². The molecule has 0 unspecified atom stereocenters. The molecule has 0 spiro atoms. The van der Waals surface area contributed by atoms with E-state index in [1.807, 2.05) is 55.4 Å². The minimum Gasteiger partial charge on any atom is -0.393 e. The van der Waals surface area contributed by atoms with Crippen molar-refractivity contribution in [1.29, 1.82) is 0 Å². The minimum absolute atomic E-state index is 0.0420. The number of hydrogen-bond acceptors (Lipinski definition) is 5. The molecule has 24 heavy (non-hydrogen) atoms. The van der Waals surface area contributed by atoms with Gasteiger partial charge in [0.15, 0.2) is 11.6 Å². The molecule has 0 atom stereocenters. The maximum Gasteiger partial charge on any atom is 0.156 e. The summed E-state index contributed by atoms with van der Waals surface area (Å²) in [5, 5.41) is 3.47. The molecule has 1 heterocycles. The van der Waals surface area contributed by atoms with Gasteiger partial charge in [-0.2, -0.15) is 0 Å². The highest BCUT2D eigenvalue weighted by Gasteiger charge is 2.17. The highest BCUT2D eigenvalue weighted by atomic mass is 15.2. The highest BCUT2D eigenvalue weighted by Crippen LogP contribution is 2.31. The van der Waals surface area contributed by atoms with E-state index < -0.39 is 0 Å². The molecule has 0 amide bonds. The smallest absolute Gasteiger partial charge is 0.156 e. The number of aromatic nitrogens is 2. The van der Waals surface area contributed by atoms with Gasteiger partial charge in [0.05, 0.1) is 6.04 Å². The van der Waals surface area contributed by atoms with E-state index in [2.05, 4.69) is 39.6 Å². The summed E-state index contributed by atoms with van der Waals surface area (Å²) in [5.74, 6) is 1.33. The Hall–Kier alpha value is -3.08. The molecule has 0 aliphatic heterocycles. The molecule has 3 rings (SSSR count). The van der Waals surface area contributed by atoms with Gasteiger partial charge in [-0.05, 0) is 11.1 Å². The molecule has 0 saturated carbocycles. The Kier molecular flexibility index (Phi) is 4.61. The zero-order chi connectivity index (χ0) is 16.9. The molecule has 3 aromatic rings. The van der Waals surface area contributed by atoms with Crippen LogP contribution >= 0.6 is 0 Å². The number of nitrogens with two attached hydrogens (primary N) is 1. The average Bonchev–Trinajstić information content (AvgIpc) is 2.62. The number of benzene rings is 2. The molecule has 0 fully saturated rings. The summed E-state index contributed by atoms with van der Waals surface area (Å²) in [6.45, 7) is 0. The molecule has 2 aromatic carbocycles. The second-order valence-corrected chi connectivity index (χ2v) is 5.75. The summed E-state index contributed by atoms with van der Waals surface area (Å²) < 4.78 is 0. The van der Waals surface area contributed by atoms with Gasteiger partial charge in [0.1, 0.15) is 12.0 Å². The molecular formula is C19H21N5. The Labute approximate surface area is 142 Å². The third-order valence-corrected chi connectivity index (χ3v) is 3.83. The van der Waals surface area contributed by atoms with Gasteiger partial charge in [-0.15, -0.1) is 0 Å². The SMILES string of the molecule is CN(C)c1ncnc(NC(c2ccccc2)c2ccccc2)c1N. The number of hydrogen-bond donors (Lipinski definition) is 2. The molecule has 0 bridgehead atoms. The lowest BCUT2D eigenvalue weighted by Crippen LogP contribution is -2.18. The van der Waals surface area contributed by atoms with Crippen LogP contribution in [-0.4, -0.2) is 24.1 Å². The van der Waals surface area contributed by atoms with Gasteiger partial charge in [0.25, 0.3) is 0 Å². The maximum absolute atomic E-state index is 6.26. The lowest BCUT2D eigenvalue weighted by atomic mass is 9.99. The second kappa shape index (κ2) is 7.00. The lowest BCUT2D eigenvalue weighted by molar-refractivity contribution is 0.920. The standard InChI is InChI=1S/C19H21N5/c1-24(2)19-16(20)18(21-13-22-19)23-17(14-9-5-3-6-10-14)15-11-7-4-8-12-15/h3-13,17H,20H2,1-2H3,(H,21,22,23). The van der Waals surface area contributed by atoms with Crippen LogP contribution in [0.3, 0.4) is 0 Å².